The third-order valence-corrected chi connectivity index (χ3v) is 2.82. The Morgan fingerprint density at radius 1 is 1.26 bits per heavy atom. The van der Waals surface area contributed by atoms with Gasteiger partial charge in [-0.3, -0.25) is 4.79 Å². The molecule has 106 valence electrons. The number of hydrogen-bond donors (Lipinski definition) is 1. The molecule has 0 aliphatic rings. The molecule has 4 nitrogen and oxygen atoms in total. The van der Waals surface area contributed by atoms with Crippen molar-refractivity contribution in [1.29, 1.82) is 0 Å². The Morgan fingerprint density at radius 3 is 2.47 bits per heavy atom. The average molecular weight is 306 g/mol. The Labute approximate surface area is 123 Å². The molecule has 0 radical (unpaired) electrons. The van der Waals surface area contributed by atoms with Crippen LogP contribution in [-0.2, 0) is 14.3 Å². The number of anilines is 1. The molecule has 0 bridgehead atoms. The van der Waals surface area contributed by atoms with Crippen LogP contribution in [0.3, 0.4) is 0 Å². The van der Waals surface area contributed by atoms with E-state index in [9.17, 15) is 4.79 Å². The molecular weight excluding hydrogens is 289 g/mol. The molecule has 0 saturated heterocycles. The van der Waals surface area contributed by atoms with Gasteiger partial charge in [0.05, 0.1) is 17.1 Å². The molecule has 0 aliphatic heterocycles. The van der Waals surface area contributed by atoms with Crippen molar-refractivity contribution in [2.45, 2.75) is 26.6 Å². The van der Waals surface area contributed by atoms with Gasteiger partial charge in [0.1, 0.15) is 0 Å². The van der Waals surface area contributed by atoms with Crippen LogP contribution in [0.4, 0.5) is 5.69 Å². The van der Waals surface area contributed by atoms with Gasteiger partial charge in [-0.1, -0.05) is 23.2 Å². The van der Waals surface area contributed by atoms with E-state index >= 15 is 0 Å². The van der Waals surface area contributed by atoms with Gasteiger partial charge in [-0.15, -0.1) is 0 Å². The van der Waals surface area contributed by atoms with Gasteiger partial charge in [-0.25, -0.2) is 0 Å². The molecule has 0 aromatic heterocycles. The lowest BCUT2D eigenvalue weighted by molar-refractivity contribution is -0.150. The molecule has 0 heterocycles. The molecule has 1 N–H and O–H groups in total. The number of benzene rings is 1. The van der Waals surface area contributed by atoms with Crippen LogP contribution in [0.2, 0.25) is 10.0 Å². The topological polar surface area (TPSA) is 47.6 Å². The second kappa shape index (κ2) is 8.38. The number of nitrogens with one attached hydrogen (secondary N) is 1. The van der Waals surface area contributed by atoms with Gasteiger partial charge >= 0.3 is 0 Å². The summed E-state index contributed by atoms with van der Waals surface area (Å²) < 4.78 is 10.6. The standard InChI is InChI=1S/C13H17Cl2NO3/c1-3-18-13(19-4-2)8-12(17)16-11-7-9(14)5-6-10(11)15/h5-7,13H,3-4,8H2,1-2H3,(H,16,17). The molecule has 0 unspecified atom stereocenters. The normalized spacial score (nSPS) is 10.8. The van der Waals surface area contributed by atoms with E-state index in [1.807, 2.05) is 13.8 Å². The second-order valence-corrected chi connectivity index (χ2v) is 4.56. The molecule has 1 aromatic rings. The Hall–Kier alpha value is -0.810. The van der Waals surface area contributed by atoms with Gasteiger partial charge in [0.25, 0.3) is 0 Å². The highest BCUT2D eigenvalue weighted by Gasteiger charge is 2.15. The van der Waals surface area contributed by atoms with Gasteiger partial charge in [0.2, 0.25) is 5.91 Å². The number of carbonyl (C=O) groups excluding carboxylic acids is 1. The van der Waals surface area contributed by atoms with Crippen molar-refractivity contribution < 1.29 is 14.3 Å². The van der Waals surface area contributed by atoms with Gasteiger partial charge in [0, 0.05) is 18.2 Å². The van der Waals surface area contributed by atoms with E-state index in [0.717, 1.165) is 0 Å². The molecule has 0 aliphatic carbocycles. The Morgan fingerprint density at radius 2 is 1.89 bits per heavy atom. The zero-order valence-corrected chi connectivity index (χ0v) is 12.4. The maximum absolute atomic E-state index is 11.9. The van der Waals surface area contributed by atoms with Crippen molar-refractivity contribution in [3.63, 3.8) is 0 Å². The molecule has 1 amide bonds. The molecule has 0 atom stereocenters. The minimum absolute atomic E-state index is 0.102. The van der Waals surface area contributed by atoms with Crippen molar-refractivity contribution in [3.8, 4) is 0 Å². The Balaban J connectivity index is 2.60. The van der Waals surface area contributed by atoms with Crippen LogP contribution in [0.1, 0.15) is 20.3 Å². The fraction of sp³-hybridized carbons (Fsp3) is 0.462. The summed E-state index contributed by atoms with van der Waals surface area (Å²) in [6.45, 7) is 4.65. The minimum Gasteiger partial charge on any atom is -0.352 e. The highest BCUT2D eigenvalue weighted by atomic mass is 35.5. The summed E-state index contributed by atoms with van der Waals surface area (Å²) in [5, 5.41) is 3.62. The Bertz CT molecular complexity index is 420. The van der Waals surface area contributed by atoms with E-state index in [2.05, 4.69) is 5.32 Å². The van der Waals surface area contributed by atoms with E-state index in [1.54, 1.807) is 18.2 Å². The summed E-state index contributed by atoms with van der Waals surface area (Å²) in [5.74, 6) is -0.240. The first-order chi connectivity index (χ1) is 9.06. The van der Waals surface area contributed by atoms with E-state index in [0.29, 0.717) is 28.9 Å². The number of carbonyl (C=O) groups is 1. The van der Waals surface area contributed by atoms with E-state index in [-0.39, 0.29) is 12.3 Å². The van der Waals surface area contributed by atoms with Crippen molar-refractivity contribution >= 4 is 34.8 Å². The second-order valence-electron chi connectivity index (χ2n) is 3.72. The molecule has 1 aromatic carbocycles. The van der Waals surface area contributed by atoms with Crippen molar-refractivity contribution in [2.75, 3.05) is 18.5 Å². The molecule has 0 saturated carbocycles. The molecular formula is C13H17Cl2NO3. The number of hydrogen-bond acceptors (Lipinski definition) is 3. The SMILES string of the molecule is CCOC(CC(=O)Nc1cc(Cl)ccc1Cl)OCC. The quantitative estimate of drug-likeness (QED) is 0.781. The average Bonchev–Trinajstić information content (AvgIpc) is 2.34. The number of halogens is 2. The lowest BCUT2D eigenvalue weighted by atomic mass is 10.3. The fourth-order valence-corrected chi connectivity index (χ4v) is 1.82. The molecule has 1 rings (SSSR count). The third kappa shape index (κ3) is 5.78. The predicted octanol–water partition coefficient (Wildman–Crippen LogP) is 3.72. The molecule has 19 heavy (non-hydrogen) atoms. The highest BCUT2D eigenvalue weighted by Crippen LogP contribution is 2.25. The zero-order chi connectivity index (χ0) is 14.3. The zero-order valence-electron chi connectivity index (χ0n) is 10.9. The van der Waals surface area contributed by atoms with Crippen LogP contribution in [0, 0.1) is 0 Å². The van der Waals surface area contributed by atoms with Crippen LogP contribution in [-0.4, -0.2) is 25.4 Å². The first-order valence-corrected chi connectivity index (χ1v) is 6.80. The predicted molar refractivity (Wildman–Crippen MR) is 76.7 cm³/mol. The minimum atomic E-state index is -0.548. The smallest absolute Gasteiger partial charge is 0.229 e. The van der Waals surface area contributed by atoms with Gasteiger partial charge in [-0.2, -0.15) is 0 Å². The van der Waals surface area contributed by atoms with Crippen molar-refractivity contribution in [3.05, 3.63) is 28.2 Å². The molecule has 0 fully saturated rings. The lowest BCUT2D eigenvalue weighted by Crippen LogP contribution is -2.25. The third-order valence-electron chi connectivity index (χ3n) is 2.26. The monoisotopic (exact) mass is 305 g/mol. The fourth-order valence-electron chi connectivity index (χ4n) is 1.48. The van der Waals surface area contributed by atoms with E-state index < -0.39 is 6.29 Å². The maximum atomic E-state index is 11.9. The van der Waals surface area contributed by atoms with Gasteiger partial charge in [-0.05, 0) is 32.0 Å². The summed E-state index contributed by atoms with van der Waals surface area (Å²) in [4.78, 5) is 11.9. The van der Waals surface area contributed by atoms with Crippen LogP contribution in [0.15, 0.2) is 18.2 Å². The highest BCUT2D eigenvalue weighted by molar-refractivity contribution is 6.35. The number of rotatable bonds is 7. The van der Waals surface area contributed by atoms with Crippen molar-refractivity contribution in [1.82, 2.24) is 0 Å². The summed E-state index contributed by atoms with van der Waals surface area (Å²) in [7, 11) is 0. The number of ether oxygens (including phenoxy) is 2. The maximum Gasteiger partial charge on any atom is 0.229 e. The summed E-state index contributed by atoms with van der Waals surface area (Å²) in [6, 6.07) is 4.88. The summed E-state index contributed by atoms with van der Waals surface area (Å²) in [5.41, 5.74) is 0.478. The van der Waals surface area contributed by atoms with Crippen LogP contribution in [0.25, 0.3) is 0 Å². The molecule has 0 spiro atoms. The molecule has 6 heteroatoms. The van der Waals surface area contributed by atoms with Crippen LogP contribution in [0.5, 0.6) is 0 Å². The first-order valence-electron chi connectivity index (χ1n) is 6.04. The van der Waals surface area contributed by atoms with Gasteiger partial charge in [0.15, 0.2) is 6.29 Å². The number of amides is 1. The summed E-state index contributed by atoms with van der Waals surface area (Å²) in [6.07, 6.45) is -0.446. The van der Waals surface area contributed by atoms with Gasteiger partial charge < -0.3 is 14.8 Å². The Kier molecular flexibility index (Phi) is 7.16. The first kappa shape index (κ1) is 16.2. The van der Waals surface area contributed by atoms with E-state index in [1.165, 1.54) is 0 Å². The van der Waals surface area contributed by atoms with E-state index in [4.69, 9.17) is 32.7 Å². The van der Waals surface area contributed by atoms with Crippen LogP contribution < -0.4 is 5.32 Å². The van der Waals surface area contributed by atoms with Crippen molar-refractivity contribution in [2.24, 2.45) is 0 Å². The summed E-state index contributed by atoms with van der Waals surface area (Å²) >= 11 is 11.8. The largest absolute Gasteiger partial charge is 0.352 e. The van der Waals surface area contributed by atoms with Crippen LogP contribution >= 0.6 is 23.2 Å². The lowest BCUT2D eigenvalue weighted by Gasteiger charge is -2.16.